The molecule has 2 aliphatic heterocycles. The Bertz CT molecular complexity index is 425. The molecule has 2 unspecified atom stereocenters. The molecule has 2 rings (SSSR count). The number of rotatable bonds is 4. The summed E-state index contributed by atoms with van der Waals surface area (Å²) in [5.41, 5.74) is 0. The van der Waals surface area contributed by atoms with Crippen molar-refractivity contribution >= 4 is 35.9 Å². The van der Waals surface area contributed by atoms with Gasteiger partial charge >= 0.3 is 5.97 Å². The number of piperidine rings is 1. The summed E-state index contributed by atoms with van der Waals surface area (Å²) in [7, 11) is 5.48. The largest absolute Gasteiger partial charge is 0.469 e. The quantitative estimate of drug-likeness (QED) is 0.304. The summed E-state index contributed by atoms with van der Waals surface area (Å²) in [6.07, 6.45) is 3.78. The maximum absolute atomic E-state index is 11.8. The fourth-order valence-corrected chi connectivity index (χ4v) is 3.67. The average Bonchev–Trinajstić information content (AvgIpc) is 2.94. The molecular formula is C17H33IN4O2. The van der Waals surface area contributed by atoms with Gasteiger partial charge in [0.2, 0.25) is 0 Å². The molecule has 0 bridgehead atoms. The number of carbonyl (C=O) groups is 1. The van der Waals surface area contributed by atoms with Crippen LogP contribution in [0.2, 0.25) is 0 Å². The van der Waals surface area contributed by atoms with Gasteiger partial charge in [-0.05, 0) is 51.2 Å². The molecule has 0 amide bonds. The molecule has 0 spiro atoms. The van der Waals surface area contributed by atoms with Crippen molar-refractivity contribution in [2.45, 2.75) is 26.2 Å². The minimum atomic E-state index is -0.109. The number of likely N-dealkylation sites (tertiary alicyclic amines) is 2. The third-order valence-electron chi connectivity index (χ3n) is 5.30. The molecule has 0 aliphatic carbocycles. The molecule has 7 heteroatoms. The van der Waals surface area contributed by atoms with E-state index in [1.807, 2.05) is 7.05 Å². The van der Waals surface area contributed by atoms with Crippen LogP contribution in [0.1, 0.15) is 26.2 Å². The molecule has 140 valence electrons. The lowest BCUT2D eigenvalue weighted by Crippen LogP contribution is -2.41. The van der Waals surface area contributed by atoms with Gasteiger partial charge in [0.05, 0.1) is 13.0 Å². The highest BCUT2D eigenvalue weighted by Gasteiger charge is 2.36. The van der Waals surface area contributed by atoms with Crippen LogP contribution in [0.4, 0.5) is 0 Å². The van der Waals surface area contributed by atoms with Crippen LogP contribution in [0.5, 0.6) is 0 Å². The molecule has 6 nitrogen and oxygen atoms in total. The summed E-state index contributed by atoms with van der Waals surface area (Å²) in [5.74, 6) is 1.87. The Hall–Kier alpha value is -0.570. The average molecular weight is 452 g/mol. The molecule has 2 atom stereocenters. The highest BCUT2D eigenvalue weighted by Crippen LogP contribution is 2.24. The molecular weight excluding hydrogens is 419 g/mol. The number of hydrogen-bond donors (Lipinski definition) is 1. The highest BCUT2D eigenvalue weighted by molar-refractivity contribution is 14.0. The maximum Gasteiger partial charge on any atom is 0.310 e. The molecule has 2 fully saturated rings. The molecule has 0 aromatic rings. The van der Waals surface area contributed by atoms with E-state index in [-0.39, 0.29) is 35.9 Å². The number of hydrogen-bond acceptors (Lipinski definition) is 4. The molecule has 2 heterocycles. The number of ether oxygens (including phenoxy) is 1. The number of aliphatic imine (C=N–C) groups is 1. The Balaban J connectivity index is 0.00000288. The molecule has 0 aromatic heterocycles. The van der Waals surface area contributed by atoms with E-state index in [0.29, 0.717) is 12.5 Å². The van der Waals surface area contributed by atoms with Gasteiger partial charge in [-0.2, -0.15) is 0 Å². The third kappa shape index (κ3) is 5.75. The van der Waals surface area contributed by atoms with E-state index < -0.39 is 0 Å². The Morgan fingerprint density at radius 1 is 1.29 bits per heavy atom. The summed E-state index contributed by atoms with van der Waals surface area (Å²) in [5, 5.41) is 3.48. The van der Waals surface area contributed by atoms with E-state index in [4.69, 9.17) is 4.74 Å². The van der Waals surface area contributed by atoms with E-state index in [1.54, 1.807) is 0 Å². The van der Waals surface area contributed by atoms with Crippen LogP contribution in [-0.2, 0) is 9.53 Å². The van der Waals surface area contributed by atoms with Crippen LogP contribution in [-0.4, -0.2) is 75.7 Å². The van der Waals surface area contributed by atoms with Crippen LogP contribution < -0.4 is 5.32 Å². The lowest BCUT2D eigenvalue weighted by molar-refractivity contribution is -0.145. The second kappa shape index (κ2) is 10.4. The van der Waals surface area contributed by atoms with Crippen molar-refractivity contribution in [1.29, 1.82) is 0 Å². The second-order valence-corrected chi connectivity index (χ2v) is 7.02. The predicted octanol–water partition coefficient (Wildman–Crippen LogP) is 1.65. The van der Waals surface area contributed by atoms with Crippen LogP contribution in [0, 0.1) is 17.8 Å². The van der Waals surface area contributed by atoms with Gasteiger partial charge in [0.25, 0.3) is 0 Å². The molecule has 0 saturated carbocycles. The Morgan fingerprint density at radius 2 is 1.96 bits per heavy atom. The smallest absolute Gasteiger partial charge is 0.310 e. The first kappa shape index (κ1) is 21.5. The minimum absolute atomic E-state index is 0. The van der Waals surface area contributed by atoms with Crippen LogP contribution in [0.15, 0.2) is 4.99 Å². The normalized spacial score (nSPS) is 26.2. The Morgan fingerprint density at radius 3 is 2.54 bits per heavy atom. The van der Waals surface area contributed by atoms with Crippen molar-refractivity contribution in [3.63, 3.8) is 0 Å². The number of carbonyl (C=O) groups excluding carboxylic acids is 1. The zero-order valence-corrected chi connectivity index (χ0v) is 17.8. The highest BCUT2D eigenvalue weighted by atomic mass is 127. The zero-order chi connectivity index (χ0) is 16.8. The van der Waals surface area contributed by atoms with Gasteiger partial charge in [0, 0.05) is 26.7 Å². The first-order valence-electron chi connectivity index (χ1n) is 8.77. The third-order valence-corrected chi connectivity index (χ3v) is 5.30. The lowest BCUT2D eigenvalue weighted by atomic mass is 9.94. The van der Waals surface area contributed by atoms with Gasteiger partial charge in [-0.15, -0.1) is 24.0 Å². The topological polar surface area (TPSA) is 57.2 Å². The minimum Gasteiger partial charge on any atom is -0.469 e. The van der Waals surface area contributed by atoms with Crippen molar-refractivity contribution in [3.8, 4) is 0 Å². The number of methoxy groups -OCH3 is 1. The second-order valence-electron chi connectivity index (χ2n) is 7.02. The van der Waals surface area contributed by atoms with E-state index in [9.17, 15) is 4.79 Å². The molecule has 2 aliphatic rings. The van der Waals surface area contributed by atoms with Gasteiger partial charge in [-0.3, -0.25) is 9.79 Å². The summed E-state index contributed by atoms with van der Waals surface area (Å²) < 4.78 is 4.91. The van der Waals surface area contributed by atoms with Crippen molar-refractivity contribution in [3.05, 3.63) is 0 Å². The molecule has 0 radical (unpaired) electrons. The van der Waals surface area contributed by atoms with Gasteiger partial charge in [0.15, 0.2) is 5.96 Å². The zero-order valence-electron chi connectivity index (χ0n) is 15.5. The predicted molar refractivity (Wildman–Crippen MR) is 108 cm³/mol. The maximum atomic E-state index is 11.8. The van der Waals surface area contributed by atoms with Crippen LogP contribution in [0.25, 0.3) is 0 Å². The van der Waals surface area contributed by atoms with E-state index in [2.05, 4.69) is 34.1 Å². The molecule has 2 saturated heterocycles. The summed E-state index contributed by atoms with van der Waals surface area (Å²) in [6, 6.07) is 0. The summed E-state index contributed by atoms with van der Waals surface area (Å²) in [6.45, 7) is 7.03. The van der Waals surface area contributed by atoms with Gasteiger partial charge in [0.1, 0.15) is 0 Å². The number of esters is 1. The standard InChI is InChI=1S/C17H32N4O2.HI/c1-13-11-21(12-15(13)16(22)23-4)17(18-2)19-8-5-14-6-9-20(3)10-7-14;/h13-15H,5-12H2,1-4H3,(H,18,19);1H. The summed E-state index contributed by atoms with van der Waals surface area (Å²) >= 11 is 0. The fraction of sp³-hybridized carbons (Fsp3) is 0.882. The van der Waals surface area contributed by atoms with E-state index in [1.165, 1.54) is 39.5 Å². The number of nitrogens with one attached hydrogen (secondary N) is 1. The van der Waals surface area contributed by atoms with Crippen molar-refractivity contribution in [2.24, 2.45) is 22.7 Å². The van der Waals surface area contributed by atoms with Crippen LogP contribution in [0.3, 0.4) is 0 Å². The Kier molecular flexibility index (Phi) is 9.33. The number of nitrogens with zero attached hydrogens (tertiary/aromatic N) is 3. The first-order chi connectivity index (χ1) is 11.0. The Labute approximate surface area is 163 Å². The van der Waals surface area contributed by atoms with Gasteiger partial charge < -0.3 is 19.9 Å². The molecule has 0 aromatic carbocycles. The monoisotopic (exact) mass is 452 g/mol. The fourth-order valence-electron chi connectivity index (χ4n) is 3.67. The number of halogens is 1. The summed E-state index contributed by atoms with van der Waals surface area (Å²) in [4.78, 5) is 20.8. The lowest BCUT2D eigenvalue weighted by Gasteiger charge is -2.29. The van der Waals surface area contributed by atoms with Gasteiger partial charge in [-0.25, -0.2) is 0 Å². The van der Waals surface area contributed by atoms with Crippen molar-refractivity contribution < 1.29 is 9.53 Å². The van der Waals surface area contributed by atoms with E-state index >= 15 is 0 Å². The molecule has 1 N–H and O–H groups in total. The number of guanidine groups is 1. The van der Waals surface area contributed by atoms with E-state index in [0.717, 1.165) is 25.0 Å². The first-order valence-corrected chi connectivity index (χ1v) is 8.77. The van der Waals surface area contributed by atoms with Gasteiger partial charge in [-0.1, -0.05) is 6.92 Å². The molecule has 24 heavy (non-hydrogen) atoms. The van der Waals surface area contributed by atoms with Crippen molar-refractivity contribution in [2.75, 3.05) is 53.9 Å². The SMILES string of the molecule is CN=C(NCCC1CCN(C)CC1)N1CC(C)C(C(=O)OC)C1.I. The van der Waals surface area contributed by atoms with Crippen LogP contribution >= 0.6 is 24.0 Å². The van der Waals surface area contributed by atoms with Crippen molar-refractivity contribution in [1.82, 2.24) is 15.1 Å².